The Bertz CT molecular complexity index is 629. The first-order valence-electron chi connectivity index (χ1n) is 7.10. The van der Waals surface area contributed by atoms with Crippen LogP contribution in [0, 0.1) is 5.82 Å². The lowest BCUT2D eigenvalue weighted by Gasteiger charge is -2.24. The Morgan fingerprint density at radius 2 is 1.95 bits per heavy atom. The van der Waals surface area contributed by atoms with Crippen LogP contribution in [0.3, 0.4) is 0 Å². The summed E-state index contributed by atoms with van der Waals surface area (Å²) in [6, 6.07) is 13.7. The highest BCUT2D eigenvalue weighted by Crippen LogP contribution is 2.27. The van der Waals surface area contributed by atoms with Crippen LogP contribution in [0.15, 0.2) is 48.5 Å². The Kier molecular flexibility index (Phi) is 3.60. The number of amides is 1. The highest BCUT2D eigenvalue weighted by Gasteiger charge is 2.30. The molecule has 1 aliphatic rings. The van der Waals surface area contributed by atoms with Gasteiger partial charge in [-0.1, -0.05) is 18.2 Å². The number of rotatable bonds is 3. The van der Waals surface area contributed by atoms with Crippen molar-refractivity contribution >= 4 is 17.3 Å². The van der Waals surface area contributed by atoms with Crippen molar-refractivity contribution in [3.8, 4) is 0 Å². The average molecular weight is 284 g/mol. The van der Waals surface area contributed by atoms with E-state index in [9.17, 15) is 9.18 Å². The molecule has 3 rings (SSSR count). The van der Waals surface area contributed by atoms with Gasteiger partial charge in [0.15, 0.2) is 0 Å². The monoisotopic (exact) mass is 284 g/mol. The fraction of sp³-hybridized carbons (Fsp3) is 0.235. The minimum atomic E-state index is -0.298. The van der Waals surface area contributed by atoms with Crippen LogP contribution in [0.4, 0.5) is 15.8 Å². The Morgan fingerprint density at radius 3 is 2.62 bits per heavy atom. The van der Waals surface area contributed by atoms with Crippen LogP contribution in [0.25, 0.3) is 0 Å². The van der Waals surface area contributed by atoms with E-state index in [4.69, 9.17) is 0 Å². The number of anilines is 2. The highest BCUT2D eigenvalue weighted by atomic mass is 19.1. The third-order valence-electron chi connectivity index (χ3n) is 3.79. The molecule has 2 aromatic rings. The third-order valence-corrected chi connectivity index (χ3v) is 3.79. The van der Waals surface area contributed by atoms with Crippen LogP contribution in [-0.2, 0) is 11.2 Å². The lowest BCUT2D eigenvalue weighted by Crippen LogP contribution is -2.42. The van der Waals surface area contributed by atoms with Gasteiger partial charge in [0.1, 0.15) is 11.9 Å². The summed E-state index contributed by atoms with van der Waals surface area (Å²) in [5.74, 6) is -0.283. The topological polar surface area (TPSA) is 32.3 Å². The molecule has 108 valence electrons. The second-order valence-corrected chi connectivity index (χ2v) is 5.12. The molecular formula is C17H17FN2O. The summed E-state index contributed by atoms with van der Waals surface area (Å²) in [5.41, 5.74) is 2.90. The first kappa shape index (κ1) is 13.6. The Labute approximate surface area is 123 Å². The first-order valence-corrected chi connectivity index (χ1v) is 7.10. The van der Waals surface area contributed by atoms with Crippen molar-refractivity contribution in [1.29, 1.82) is 0 Å². The molecular weight excluding hydrogens is 267 g/mol. The minimum absolute atomic E-state index is 0.0142. The summed E-state index contributed by atoms with van der Waals surface area (Å²) in [7, 11) is 0. The van der Waals surface area contributed by atoms with Crippen molar-refractivity contribution in [1.82, 2.24) is 0 Å². The molecule has 0 fully saturated rings. The van der Waals surface area contributed by atoms with Crippen LogP contribution in [0.5, 0.6) is 0 Å². The molecule has 0 saturated carbocycles. The van der Waals surface area contributed by atoms with Crippen LogP contribution in [-0.4, -0.2) is 18.5 Å². The number of likely N-dealkylation sites (N-methyl/N-ethyl adjacent to an activating group) is 1. The van der Waals surface area contributed by atoms with E-state index >= 15 is 0 Å². The van der Waals surface area contributed by atoms with Gasteiger partial charge >= 0.3 is 0 Å². The van der Waals surface area contributed by atoms with E-state index in [2.05, 4.69) is 5.32 Å². The Hall–Kier alpha value is -2.36. The summed E-state index contributed by atoms with van der Waals surface area (Å²) in [6.07, 6.45) is 0.687. The summed E-state index contributed by atoms with van der Waals surface area (Å²) in [5, 5.41) is 3.26. The molecule has 4 heteroatoms. The smallest absolute Gasteiger partial charge is 0.249 e. The van der Waals surface area contributed by atoms with E-state index in [0.29, 0.717) is 13.0 Å². The fourth-order valence-corrected chi connectivity index (χ4v) is 2.72. The van der Waals surface area contributed by atoms with Crippen molar-refractivity contribution in [2.45, 2.75) is 19.4 Å². The molecule has 0 spiro atoms. The molecule has 1 atom stereocenters. The molecule has 1 heterocycles. The van der Waals surface area contributed by atoms with Crippen LogP contribution < -0.4 is 10.2 Å². The molecule has 21 heavy (non-hydrogen) atoms. The number of benzene rings is 2. The molecule has 1 N–H and O–H groups in total. The lowest BCUT2D eigenvalue weighted by atomic mass is 10.1. The molecule has 0 aromatic heterocycles. The summed E-state index contributed by atoms with van der Waals surface area (Å²) >= 11 is 0. The Balaban J connectivity index is 1.80. The van der Waals surface area contributed by atoms with Crippen molar-refractivity contribution in [3.05, 3.63) is 59.9 Å². The van der Waals surface area contributed by atoms with Gasteiger partial charge in [0.25, 0.3) is 0 Å². The summed E-state index contributed by atoms with van der Waals surface area (Å²) in [4.78, 5) is 14.4. The fourth-order valence-electron chi connectivity index (χ4n) is 2.72. The average Bonchev–Trinajstić information content (AvgIpc) is 2.93. The van der Waals surface area contributed by atoms with Gasteiger partial charge in [0.2, 0.25) is 5.91 Å². The number of fused-ring (bicyclic) bond motifs is 1. The zero-order valence-corrected chi connectivity index (χ0v) is 11.8. The van der Waals surface area contributed by atoms with Crippen molar-refractivity contribution in [2.24, 2.45) is 0 Å². The van der Waals surface area contributed by atoms with E-state index < -0.39 is 0 Å². The molecule has 0 saturated heterocycles. The van der Waals surface area contributed by atoms with Gasteiger partial charge in [-0.15, -0.1) is 0 Å². The number of nitrogens with one attached hydrogen (secondary N) is 1. The molecule has 3 nitrogen and oxygen atoms in total. The molecule has 0 unspecified atom stereocenters. The number of hydrogen-bond donors (Lipinski definition) is 1. The van der Waals surface area contributed by atoms with E-state index in [1.807, 2.05) is 31.2 Å². The normalized spacial score (nSPS) is 16.2. The maximum atomic E-state index is 13.0. The van der Waals surface area contributed by atoms with Crippen molar-refractivity contribution < 1.29 is 9.18 Å². The van der Waals surface area contributed by atoms with Crippen LogP contribution in [0.2, 0.25) is 0 Å². The van der Waals surface area contributed by atoms with Crippen molar-refractivity contribution in [2.75, 3.05) is 16.8 Å². The largest absolute Gasteiger partial charge is 0.373 e. The number of carbonyl (C=O) groups excluding carboxylic acids is 1. The van der Waals surface area contributed by atoms with E-state index in [1.165, 1.54) is 12.1 Å². The van der Waals surface area contributed by atoms with E-state index in [1.54, 1.807) is 17.0 Å². The zero-order chi connectivity index (χ0) is 14.8. The van der Waals surface area contributed by atoms with Gasteiger partial charge in [-0.3, -0.25) is 4.79 Å². The quantitative estimate of drug-likeness (QED) is 0.938. The predicted octanol–water partition coefficient (Wildman–Crippen LogP) is 3.22. The second-order valence-electron chi connectivity index (χ2n) is 5.12. The number of carbonyl (C=O) groups is 1. The van der Waals surface area contributed by atoms with Gasteiger partial charge in [0, 0.05) is 24.3 Å². The summed E-state index contributed by atoms with van der Waals surface area (Å²) < 4.78 is 13.0. The standard InChI is InChI=1S/C17H17FN2O/c1-2-20(14-9-7-13(18)8-10-14)17(21)16-11-12-5-3-4-6-15(12)19-16/h3-10,16,19H,2,11H2,1H3/t16-/m0/s1. The molecule has 0 radical (unpaired) electrons. The van der Waals surface area contributed by atoms with Crippen LogP contribution >= 0.6 is 0 Å². The van der Waals surface area contributed by atoms with Gasteiger partial charge in [0.05, 0.1) is 0 Å². The maximum Gasteiger partial charge on any atom is 0.249 e. The first-order chi connectivity index (χ1) is 10.2. The number of hydrogen-bond acceptors (Lipinski definition) is 2. The molecule has 0 bridgehead atoms. The highest BCUT2D eigenvalue weighted by molar-refractivity contribution is 6.00. The van der Waals surface area contributed by atoms with Gasteiger partial charge in [-0.05, 0) is 42.8 Å². The lowest BCUT2D eigenvalue weighted by molar-refractivity contribution is -0.119. The summed E-state index contributed by atoms with van der Waals surface area (Å²) in [6.45, 7) is 2.47. The number of nitrogens with zero attached hydrogens (tertiary/aromatic N) is 1. The number of halogens is 1. The number of para-hydroxylation sites is 1. The van der Waals surface area contributed by atoms with Gasteiger partial charge in [-0.2, -0.15) is 0 Å². The predicted molar refractivity (Wildman–Crippen MR) is 82.0 cm³/mol. The van der Waals surface area contributed by atoms with E-state index in [0.717, 1.165) is 16.9 Å². The van der Waals surface area contributed by atoms with Gasteiger partial charge < -0.3 is 10.2 Å². The zero-order valence-electron chi connectivity index (χ0n) is 11.8. The maximum absolute atomic E-state index is 13.0. The van der Waals surface area contributed by atoms with E-state index in [-0.39, 0.29) is 17.8 Å². The third kappa shape index (κ3) is 2.61. The molecule has 1 amide bonds. The van der Waals surface area contributed by atoms with Gasteiger partial charge in [-0.25, -0.2) is 4.39 Å². The molecule has 0 aliphatic carbocycles. The SMILES string of the molecule is CCN(C(=O)[C@@H]1Cc2ccccc2N1)c1ccc(F)cc1. The Morgan fingerprint density at radius 1 is 1.24 bits per heavy atom. The second kappa shape index (κ2) is 5.56. The minimum Gasteiger partial charge on any atom is -0.373 e. The molecule has 1 aliphatic heterocycles. The molecule has 2 aromatic carbocycles. The van der Waals surface area contributed by atoms with Crippen molar-refractivity contribution in [3.63, 3.8) is 0 Å². The van der Waals surface area contributed by atoms with Crippen LogP contribution in [0.1, 0.15) is 12.5 Å².